The quantitative estimate of drug-likeness (QED) is 0.193. The normalized spacial score (nSPS) is 10.7. The Morgan fingerprint density at radius 1 is 0.565 bits per heavy atom. The van der Waals surface area contributed by atoms with Gasteiger partial charge in [-0.2, -0.15) is 8.42 Å². The van der Waals surface area contributed by atoms with Gasteiger partial charge in [0.2, 0.25) is 5.91 Å². The molecule has 234 valence electrons. The second-order valence-electron chi connectivity index (χ2n) is 10.7. The summed E-state index contributed by atoms with van der Waals surface area (Å²) in [7, 11) is -3.99. The molecule has 4 N–H and O–H groups in total. The van der Waals surface area contributed by atoms with Gasteiger partial charge in [-0.1, -0.05) is 127 Å². The van der Waals surface area contributed by atoms with Crippen LogP contribution in [0.25, 0.3) is 32.3 Å². The molecule has 1 amide bonds. The van der Waals surface area contributed by atoms with Gasteiger partial charge in [0.15, 0.2) is 0 Å². The summed E-state index contributed by atoms with van der Waals surface area (Å²) < 4.78 is 23.1. The summed E-state index contributed by atoms with van der Waals surface area (Å²) >= 11 is 0. The van der Waals surface area contributed by atoms with Crippen molar-refractivity contribution in [3.05, 3.63) is 144 Å². The number of nitrogens with two attached hydrogens (primary N) is 1. The van der Waals surface area contributed by atoms with Gasteiger partial charge in [0, 0.05) is 6.42 Å². The van der Waals surface area contributed by atoms with Gasteiger partial charge in [-0.3, -0.25) is 14.4 Å². The predicted octanol–water partition coefficient (Wildman–Crippen LogP) is 6.14. The molecule has 9 heteroatoms. The second kappa shape index (κ2) is 15.6. The zero-order valence-corrected chi connectivity index (χ0v) is 26.0. The van der Waals surface area contributed by atoms with Crippen molar-refractivity contribution in [3.8, 4) is 0 Å². The lowest BCUT2D eigenvalue weighted by Crippen LogP contribution is -2.36. The van der Waals surface area contributed by atoms with Crippen LogP contribution in [-0.4, -0.2) is 31.2 Å². The average Bonchev–Trinajstić information content (AvgIpc) is 3.00. The highest BCUT2D eigenvalue weighted by Crippen LogP contribution is 2.18. The lowest BCUT2D eigenvalue weighted by atomic mass is 10.0. The molecule has 6 aromatic rings. The molecular weight excluding hydrogens is 600 g/mol. The Bertz CT molecular complexity index is 2030. The van der Waals surface area contributed by atoms with E-state index in [0.29, 0.717) is 6.42 Å². The molecular formula is C37H34N2O6S. The predicted molar refractivity (Wildman–Crippen MR) is 183 cm³/mol. The summed E-state index contributed by atoms with van der Waals surface area (Å²) in [6, 6.07) is 41.2. The van der Waals surface area contributed by atoms with Crippen molar-refractivity contribution in [1.82, 2.24) is 4.72 Å². The number of fused-ring (bicyclic) bond motifs is 3. The Kier molecular flexibility index (Phi) is 11.3. The Morgan fingerprint density at radius 2 is 0.913 bits per heavy atom. The number of carbonyl (C=O) groups is 3. The lowest BCUT2D eigenvalue weighted by Gasteiger charge is -2.04. The van der Waals surface area contributed by atoms with Crippen molar-refractivity contribution in [3.63, 3.8) is 0 Å². The Labute approximate surface area is 267 Å². The van der Waals surface area contributed by atoms with E-state index in [1.807, 2.05) is 97.1 Å². The van der Waals surface area contributed by atoms with Crippen LogP contribution < -0.4 is 9.86 Å². The molecule has 0 aromatic heterocycles. The summed E-state index contributed by atoms with van der Waals surface area (Å²) in [5.41, 5.74) is 2.67. The topological polar surface area (TPSA) is 144 Å². The number of ketones is 1. The first-order valence-electron chi connectivity index (χ1n) is 14.4. The minimum Gasteiger partial charge on any atom is -0.481 e. The van der Waals surface area contributed by atoms with Gasteiger partial charge in [0.25, 0.3) is 10.2 Å². The van der Waals surface area contributed by atoms with Crippen molar-refractivity contribution in [2.24, 2.45) is 5.14 Å². The van der Waals surface area contributed by atoms with Crippen LogP contribution in [0, 0.1) is 0 Å². The second-order valence-corrected chi connectivity index (χ2v) is 12.0. The summed E-state index contributed by atoms with van der Waals surface area (Å²) in [5.74, 6) is -1.23. The van der Waals surface area contributed by atoms with Crippen LogP contribution in [0.3, 0.4) is 0 Å². The van der Waals surface area contributed by atoms with Crippen molar-refractivity contribution in [2.45, 2.75) is 26.2 Å². The fourth-order valence-electron chi connectivity index (χ4n) is 4.89. The molecule has 0 spiro atoms. The molecule has 46 heavy (non-hydrogen) atoms. The number of hydrogen-bond donors (Lipinski definition) is 3. The molecule has 0 radical (unpaired) electrons. The Hall–Kier alpha value is -5.38. The van der Waals surface area contributed by atoms with E-state index >= 15 is 0 Å². The molecule has 0 bridgehead atoms. The fourth-order valence-corrected chi connectivity index (χ4v) is 5.28. The maximum Gasteiger partial charge on any atom is 0.307 e. The Morgan fingerprint density at radius 3 is 1.26 bits per heavy atom. The van der Waals surface area contributed by atoms with E-state index in [1.165, 1.54) is 10.8 Å². The number of nitrogens with one attached hydrogen (secondary N) is 1. The van der Waals surface area contributed by atoms with Gasteiger partial charge in [0.05, 0.1) is 12.8 Å². The molecule has 0 aliphatic heterocycles. The van der Waals surface area contributed by atoms with Crippen LogP contribution >= 0.6 is 0 Å². The molecule has 0 aliphatic carbocycles. The van der Waals surface area contributed by atoms with E-state index in [2.05, 4.69) is 24.3 Å². The summed E-state index contributed by atoms with van der Waals surface area (Å²) in [5, 5.41) is 20.1. The van der Waals surface area contributed by atoms with Crippen LogP contribution in [0.1, 0.15) is 23.6 Å². The van der Waals surface area contributed by atoms with Crippen LogP contribution in [0.2, 0.25) is 0 Å². The molecule has 0 atom stereocenters. The first-order valence-corrected chi connectivity index (χ1v) is 16.0. The summed E-state index contributed by atoms with van der Waals surface area (Å²) in [4.78, 5) is 32.8. The van der Waals surface area contributed by atoms with Gasteiger partial charge >= 0.3 is 5.97 Å². The number of carbonyl (C=O) groups excluding carboxylic acids is 2. The highest BCUT2D eigenvalue weighted by Gasteiger charge is 2.09. The minimum absolute atomic E-state index is 0.0265. The number of amides is 1. The number of carboxylic acid groups (broad SMARTS) is 1. The van der Waals surface area contributed by atoms with Crippen molar-refractivity contribution in [2.75, 3.05) is 0 Å². The SMILES string of the molecule is CC(=O)Cc1ccc2ccccc2c1.NS(=O)(=O)NC(=O)Cc1ccc2ccccc2c1.O=C(O)Cc1ccc2ccccc2c1. The number of carboxylic acids is 1. The summed E-state index contributed by atoms with van der Waals surface area (Å²) in [6.45, 7) is 1.62. The largest absolute Gasteiger partial charge is 0.481 e. The van der Waals surface area contributed by atoms with Gasteiger partial charge in [0.1, 0.15) is 5.78 Å². The zero-order chi connectivity index (χ0) is 33.1. The third-order valence-electron chi connectivity index (χ3n) is 6.87. The standard InChI is InChI=1S/C13H12O.C12H12N2O3S.C12H10O2/c1-10(14)8-11-6-7-12-4-2-3-5-13(12)9-11;13-18(16,17)14-12(15)8-9-5-6-10-3-1-2-4-11(10)7-9;13-12(14)8-9-5-6-10-3-1-2-4-11(10)7-9/h2-7,9H,8H2,1H3;1-7H,8H2,(H,14,15)(H2,13,16,17);1-7H,8H2,(H,13,14). The van der Waals surface area contributed by atoms with Crippen LogP contribution in [-0.2, 0) is 43.9 Å². The van der Waals surface area contributed by atoms with Gasteiger partial charge in [-0.05, 0) is 55.9 Å². The van der Waals surface area contributed by atoms with E-state index in [9.17, 15) is 22.8 Å². The molecule has 6 rings (SSSR count). The number of Topliss-reactive ketones (excluding diaryl/α,β-unsaturated/α-hetero) is 1. The third kappa shape index (κ3) is 10.7. The molecule has 0 unspecified atom stereocenters. The highest BCUT2D eigenvalue weighted by molar-refractivity contribution is 7.87. The minimum atomic E-state index is -3.99. The number of benzene rings is 6. The maximum absolute atomic E-state index is 11.4. The van der Waals surface area contributed by atoms with Crippen molar-refractivity contribution in [1.29, 1.82) is 0 Å². The number of rotatable bonds is 7. The molecule has 8 nitrogen and oxygen atoms in total. The molecule has 0 aliphatic rings. The van der Waals surface area contributed by atoms with E-state index < -0.39 is 22.1 Å². The van der Waals surface area contributed by atoms with E-state index in [4.69, 9.17) is 10.2 Å². The zero-order valence-electron chi connectivity index (χ0n) is 25.2. The highest BCUT2D eigenvalue weighted by atomic mass is 32.2. The van der Waals surface area contributed by atoms with E-state index in [-0.39, 0.29) is 18.6 Å². The first-order chi connectivity index (χ1) is 21.9. The van der Waals surface area contributed by atoms with Crippen LogP contribution in [0.4, 0.5) is 0 Å². The monoisotopic (exact) mass is 634 g/mol. The smallest absolute Gasteiger partial charge is 0.307 e. The number of aliphatic carboxylic acids is 1. The van der Waals surface area contributed by atoms with Crippen LogP contribution in [0.5, 0.6) is 0 Å². The number of hydrogen-bond acceptors (Lipinski definition) is 5. The Balaban J connectivity index is 0.000000158. The van der Waals surface area contributed by atoms with E-state index in [1.54, 1.807) is 17.7 Å². The lowest BCUT2D eigenvalue weighted by molar-refractivity contribution is -0.136. The molecule has 0 saturated carbocycles. The molecule has 0 saturated heterocycles. The first kappa shape index (κ1) is 33.5. The van der Waals surface area contributed by atoms with E-state index in [0.717, 1.165) is 38.2 Å². The van der Waals surface area contributed by atoms with Gasteiger partial charge < -0.3 is 5.11 Å². The van der Waals surface area contributed by atoms with Gasteiger partial charge in [-0.25, -0.2) is 9.86 Å². The molecule has 6 aromatic carbocycles. The molecule has 0 heterocycles. The summed E-state index contributed by atoms with van der Waals surface area (Å²) in [6.07, 6.45) is 0.594. The fraction of sp³-hybridized carbons (Fsp3) is 0.108. The van der Waals surface area contributed by atoms with Crippen LogP contribution in [0.15, 0.2) is 127 Å². The maximum atomic E-state index is 11.4. The van der Waals surface area contributed by atoms with Crippen molar-refractivity contribution >= 4 is 60.2 Å². The molecule has 0 fully saturated rings. The third-order valence-corrected chi connectivity index (χ3v) is 7.38. The average molecular weight is 635 g/mol. The van der Waals surface area contributed by atoms with Gasteiger partial charge in [-0.15, -0.1) is 0 Å². The van der Waals surface area contributed by atoms with Crippen molar-refractivity contribution < 1.29 is 27.9 Å².